The summed E-state index contributed by atoms with van der Waals surface area (Å²) in [5, 5.41) is 3.53. The third kappa shape index (κ3) is 4.52. The molecule has 0 atom stereocenters. The standard InChI is InChI=1S/C24H28N6O4/c1-33-28-23(32)20-15-30(18-6-5-16-3-2-4-17(16)13-18)22-19(21(20)31)14-26-24(27-22)25-7-8-29-9-11-34-12-10-29/h5-6,13-15H,2-4,7-12H2,1H3,(H,28,32)(H,25,26,27). The molecule has 1 fully saturated rings. The van der Waals surface area contributed by atoms with Crippen LogP contribution in [0.15, 0.2) is 35.4 Å². The lowest BCUT2D eigenvalue weighted by Gasteiger charge is -2.26. The van der Waals surface area contributed by atoms with E-state index >= 15 is 0 Å². The monoisotopic (exact) mass is 464 g/mol. The molecule has 178 valence electrons. The quantitative estimate of drug-likeness (QED) is 0.504. The molecular weight excluding hydrogens is 436 g/mol. The predicted molar refractivity (Wildman–Crippen MR) is 127 cm³/mol. The van der Waals surface area contributed by atoms with Crippen molar-refractivity contribution in [1.82, 2.24) is 24.9 Å². The molecule has 10 nitrogen and oxygen atoms in total. The molecule has 1 aliphatic heterocycles. The molecule has 1 aliphatic carbocycles. The van der Waals surface area contributed by atoms with Gasteiger partial charge in [-0.1, -0.05) is 6.07 Å². The van der Waals surface area contributed by atoms with E-state index < -0.39 is 11.3 Å². The van der Waals surface area contributed by atoms with Crippen LogP contribution >= 0.6 is 0 Å². The Balaban J connectivity index is 1.52. The van der Waals surface area contributed by atoms with Gasteiger partial charge in [-0.25, -0.2) is 10.5 Å². The lowest BCUT2D eigenvalue weighted by molar-refractivity contribution is 0.0398. The second kappa shape index (κ2) is 9.88. The summed E-state index contributed by atoms with van der Waals surface area (Å²) in [5.74, 6) is -0.179. The van der Waals surface area contributed by atoms with E-state index in [1.165, 1.54) is 30.6 Å². The molecule has 1 saturated heterocycles. The molecule has 2 aliphatic rings. The van der Waals surface area contributed by atoms with Crippen LogP contribution in [0.25, 0.3) is 16.7 Å². The van der Waals surface area contributed by atoms with Crippen molar-refractivity contribution >= 4 is 22.9 Å². The molecule has 5 rings (SSSR count). The maximum atomic E-state index is 13.1. The van der Waals surface area contributed by atoms with Crippen LogP contribution in [0, 0.1) is 0 Å². The number of benzene rings is 1. The van der Waals surface area contributed by atoms with E-state index in [0.29, 0.717) is 18.1 Å². The second-order valence-corrected chi connectivity index (χ2v) is 8.50. The third-order valence-electron chi connectivity index (χ3n) is 6.36. The fourth-order valence-corrected chi connectivity index (χ4v) is 4.56. The number of hydrogen-bond acceptors (Lipinski definition) is 8. The summed E-state index contributed by atoms with van der Waals surface area (Å²) in [6, 6.07) is 6.22. The van der Waals surface area contributed by atoms with Crippen molar-refractivity contribution in [2.24, 2.45) is 0 Å². The summed E-state index contributed by atoms with van der Waals surface area (Å²) < 4.78 is 7.18. The summed E-state index contributed by atoms with van der Waals surface area (Å²) >= 11 is 0. The summed E-state index contributed by atoms with van der Waals surface area (Å²) in [5.41, 5.74) is 5.67. The van der Waals surface area contributed by atoms with Gasteiger partial charge in [0.1, 0.15) is 5.56 Å². The number of aryl methyl sites for hydroxylation is 2. The minimum atomic E-state index is -0.614. The number of nitrogens with zero attached hydrogens (tertiary/aromatic N) is 4. The van der Waals surface area contributed by atoms with Crippen molar-refractivity contribution in [3.63, 3.8) is 0 Å². The molecule has 3 heterocycles. The van der Waals surface area contributed by atoms with Gasteiger partial charge >= 0.3 is 0 Å². The Bertz CT molecular complexity index is 1270. The van der Waals surface area contributed by atoms with E-state index in [1.807, 2.05) is 6.07 Å². The van der Waals surface area contributed by atoms with Crippen LogP contribution in [0.1, 0.15) is 27.9 Å². The number of morpholine rings is 1. The summed E-state index contributed by atoms with van der Waals surface area (Å²) in [4.78, 5) is 41.7. The van der Waals surface area contributed by atoms with Crippen molar-refractivity contribution in [1.29, 1.82) is 0 Å². The number of fused-ring (bicyclic) bond motifs is 2. The van der Waals surface area contributed by atoms with Crippen LogP contribution in [0.3, 0.4) is 0 Å². The van der Waals surface area contributed by atoms with Gasteiger partial charge in [-0.2, -0.15) is 4.98 Å². The number of carbonyl (C=O) groups is 1. The van der Waals surface area contributed by atoms with Crippen molar-refractivity contribution < 1.29 is 14.4 Å². The molecule has 1 aromatic carbocycles. The van der Waals surface area contributed by atoms with E-state index in [9.17, 15) is 9.59 Å². The van der Waals surface area contributed by atoms with E-state index in [4.69, 9.17) is 9.57 Å². The Hall–Kier alpha value is -3.34. The topological polar surface area (TPSA) is 111 Å². The van der Waals surface area contributed by atoms with Crippen molar-refractivity contribution in [2.45, 2.75) is 19.3 Å². The summed E-state index contributed by atoms with van der Waals surface area (Å²) in [6.45, 7) is 4.83. The fraction of sp³-hybridized carbons (Fsp3) is 0.417. The minimum absolute atomic E-state index is 0.0357. The number of pyridine rings is 1. The van der Waals surface area contributed by atoms with Gasteiger partial charge in [0, 0.05) is 44.3 Å². The number of nitrogens with one attached hydrogen (secondary N) is 2. The number of rotatable bonds is 7. The van der Waals surface area contributed by atoms with Gasteiger partial charge in [-0.05, 0) is 42.5 Å². The molecule has 0 unspecified atom stereocenters. The van der Waals surface area contributed by atoms with Gasteiger partial charge in [0.05, 0.1) is 25.7 Å². The smallest absolute Gasteiger partial charge is 0.280 e. The first-order chi connectivity index (χ1) is 16.6. The number of hydrogen-bond donors (Lipinski definition) is 2. The second-order valence-electron chi connectivity index (χ2n) is 8.50. The molecule has 0 bridgehead atoms. The number of aromatic nitrogens is 3. The first-order valence-electron chi connectivity index (χ1n) is 11.6. The Labute approximate surface area is 196 Å². The maximum Gasteiger partial charge on any atom is 0.280 e. The first-order valence-corrected chi connectivity index (χ1v) is 11.6. The van der Waals surface area contributed by atoms with Gasteiger partial charge in [0.25, 0.3) is 5.91 Å². The SMILES string of the molecule is CONC(=O)c1cn(-c2ccc3c(c2)CCC3)c2nc(NCCN3CCOCC3)ncc2c1=O. The van der Waals surface area contributed by atoms with Crippen LogP contribution in [0.2, 0.25) is 0 Å². The number of carbonyl (C=O) groups excluding carboxylic acids is 1. The third-order valence-corrected chi connectivity index (χ3v) is 6.36. The molecule has 0 spiro atoms. The Morgan fingerprint density at radius 3 is 2.85 bits per heavy atom. The van der Waals surface area contributed by atoms with Gasteiger partial charge in [0.2, 0.25) is 11.4 Å². The number of amides is 1. The van der Waals surface area contributed by atoms with Crippen LogP contribution in [-0.4, -0.2) is 71.8 Å². The van der Waals surface area contributed by atoms with Crippen LogP contribution < -0.4 is 16.2 Å². The van der Waals surface area contributed by atoms with Gasteiger partial charge in [0.15, 0.2) is 5.65 Å². The Morgan fingerprint density at radius 2 is 2.03 bits per heavy atom. The highest BCUT2D eigenvalue weighted by atomic mass is 16.6. The number of hydroxylamine groups is 1. The lowest BCUT2D eigenvalue weighted by Crippen LogP contribution is -2.39. The molecule has 0 radical (unpaired) electrons. The van der Waals surface area contributed by atoms with Crippen molar-refractivity contribution in [2.75, 3.05) is 51.8 Å². The minimum Gasteiger partial charge on any atom is -0.379 e. The highest BCUT2D eigenvalue weighted by molar-refractivity contribution is 5.96. The molecule has 2 N–H and O–H groups in total. The van der Waals surface area contributed by atoms with Gasteiger partial charge in [-0.15, -0.1) is 0 Å². The van der Waals surface area contributed by atoms with E-state index in [-0.39, 0.29) is 10.9 Å². The average molecular weight is 465 g/mol. The van der Waals surface area contributed by atoms with Crippen LogP contribution in [0.5, 0.6) is 0 Å². The molecule has 3 aromatic rings. The average Bonchev–Trinajstić information content (AvgIpc) is 3.33. The highest BCUT2D eigenvalue weighted by Gasteiger charge is 2.19. The van der Waals surface area contributed by atoms with Crippen molar-refractivity contribution in [3.05, 3.63) is 57.5 Å². The van der Waals surface area contributed by atoms with E-state index in [0.717, 1.165) is 57.8 Å². The van der Waals surface area contributed by atoms with E-state index in [2.05, 4.69) is 37.8 Å². The molecule has 0 saturated carbocycles. The fourth-order valence-electron chi connectivity index (χ4n) is 4.56. The Morgan fingerprint density at radius 1 is 1.21 bits per heavy atom. The summed E-state index contributed by atoms with van der Waals surface area (Å²) in [6.07, 6.45) is 6.23. The number of ether oxygens (including phenoxy) is 1. The van der Waals surface area contributed by atoms with Crippen LogP contribution in [0.4, 0.5) is 5.95 Å². The Kier molecular flexibility index (Phi) is 6.52. The molecule has 34 heavy (non-hydrogen) atoms. The highest BCUT2D eigenvalue weighted by Crippen LogP contribution is 2.26. The van der Waals surface area contributed by atoms with Gasteiger partial charge in [-0.3, -0.25) is 19.3 Å². The zero-order chi connectivity index (χ0) is 23.5. The normalized spacial score (nSPS) is 15.9. The molecule has 10 heteroatoms. The van der Waals surface area contributed by atoms with Gasteiger partial charge < -0.3 is 14.6 Å². The maximum absolute atomic E-state index is 13.1. The predicted octanol–water partition coefficient (Wildman–Crippen LogP) is 1.30. The van der Waals surface area contributed by atoms with Crippen molar-refractivity contribution in [3.8, 4) is 5.69 Å². The van der Waals surface area contributed by atoms with Crippen LogP contribution in [-0.2, 0) is 22.4 Å². The lowest BCUT2D eigenvalue weighted by atomic mass is 10.1. The first kappa shape index (κ1) is 22.5. The van der Waals surface area contributed by atoms with E-state index in [1.54, 1.807) is 4.57 Å². The summed E-state index contributed by atoms with van der Waals surface area (Å²) in [7, 11) is 1.33. The zero-order valence-electron chi connectivity index (χ0n) is 19.2. The molecule has 1 amide bonds. The zero-order valence-corrected chi connectivity index (χ0v) is 19.2. The molecule has 2 aromatic heterocycles. The largest absolute Gasteiger partial charge is 0.379 e. The number of anilines is 1. The molecular formula is C24H28N6O4.